The topological polar surface area (TPSA) is 66.0 Å². The molecule has 6 nitrogen and oxygen atoms in total. The van der Waals surface area contributed by atoms with Gasteiger partial charge in [0.2, 0.25) is 0 Å². The third-order valence-electron chi connectivity index (χ3n) is 3.36. The summed E-state index contributed by atoms with van der Waals surface area (Å²) in [6.07, 6.45) is -0.00620. The highest BCUT2D eigenvalue weighted by molar-refractivity contribution is 5.34. The van der Waals surface area contributed by atoms with Gasteiger partial charge >= 0.3 is 0 Å². The molecule has 90 valence electrons. The van der Waals surface area contributed by atoms with Crippen molar-refractivity contribution in [3.05, 3.63) is 39.9 Å². The van der Waals surface area contributed by atoms with Gasteiger partial charge in [0, 0.05) is 12.1 Å². The molecular weight excluding hydrogens is 224 g/mol. The molecule has 3 atom stereocenters. The molecule has 2 saturated heterocycles. The van der Waals surface area contributed by atoms with E-state index >= 15 is 0 Å². The summed E-state index contributed by atoms with van der Waals surface area (Å²) in [5.41, 5.74) is 1.10. The van der Waals surface area contributed by atoms with Gasteiger partial charge < -0.3 is 9.47 Å². The molecule has 0 amide bonds. The Balaban J connectivity index is 1.82. The first-order chi connectivity index (χ1) is 8.25. The van der Waals surface area contributed by atoms with Gasteiger partial charge in [-0.1, -0.05) is 0 Å². The Morgan fingerprint density at radius 1 is 1.29 bits per heavy atom. The normalized spacial score (nSPS) is 31.4. The number of rotatable bonds is 2. The number of benzene rings is 1. The van der Waals surface area contributed by atoms with E-state index in [4.69, 9.17) is 9.47 Å². The van der Waals surface area contributed by atoms with Crippen LogP contribution in [0, 0.1) is 10.1 Å². The van der Waals surface area contributed by atoms with Crippen LogP contribution >= 0.6 is 0 Å². The largest absolute Gasteiger partial charge is 0.325 e. The predicted molar refractivity (Wildman–Crippen MR) is 57.4 cm³/mol. The maximum atomic E-state index is 10.6. The lowest BCUT2D eigenvalue weighted by Gasteiger charge is -2.12. The number of hydrogen-bond donors (Lipinski definition) is 1. The van der Waals surface area contributed by atoms with Crippen molar-refractivity contribution in [1.29, 1.82) is 0 Å². The van der Waals surface area contributed by atoms with Crippen LogP contribution in [0.3, 0.4) is 0 Å². The van der Waals surface area contributed by atoms with Gasteiger partial charge in [-0.2, -0.15) is 0 Å². The third kappa shape index (κ3) is 1.80. The molecule has 17 heavy (non-hydrogen) atoms. The summed E-state index contributed by atoms with van der Waals surface area (Å²) in [6, 6.07) is 6.89. The highest BCUT2D eigenvalue weighted by atomic mass is 16.6. The van der Waals surface area contributed by atoms with Crippen LogP contribution in [0.5, 0.6) is 0 Å². The average molecular weight is 237 g/mol. The lowest BCUT2D eigenvalue weighted by atomic mass is 10.0. The number of fused-ring (bicyclic) bond motifs is 1. The minimum atomic E-state index is -0.393. The molecular formula is C11H13N2O4+. The molecule has 0 aromatic heterocycles. The quantitative estimate of drug-likeness (QED) is 0.574. The lowest BCUT2D eigenvalue weighted by molar-refractivity contribution is -0.916. The first-order valence-corrected chi connectivity index (χ1v) is 5.54. The Bertz CT molecular complexity index is 434. The molecule has 1 aromatic carbocycles. The SMILES string of the molecule is O=[N+]([O-])c1ccc(C2OC[NH+]3COCC23)cc1. The van der Waals surface area contributed by atoms with Crippen LogP contribution in [0.2, 0.25) is 0 Å². The van der Waals surface area contributed by atoms with Gasteiger partial charge in [0.15, 0.2) is 13.5 Å². The van der Waals surface area contributed by atoms with E-state index in [1.165, 1.54) is 17.0 Å². The molecule has 2 aliphatic rings. The maximum absolute atomic E-state index is 10.6. The molecule has 0 spiro atoms. The van der Waals surface area contributed by atoms with Crippen LogP contribution in [-0.4, -0.2) is 31.0 Å². The van der Waals surface area contributed by atoms with Crippen LogP contribution in [0.15, 0.2) is 24.3 Å². The number of non-ortho nitro benzene ring substituents is 1. The summed E-state index contributed by atoms with van der Waals surface area (Å²) < 4.78 is 11.1. The standard InChI is InChI=1S/C11H12N2O4/c14-13(15)9-3-1-8(2-4-9)11-10-5-16-6-12(10)7-17-11/h1-4,10-11H,5-7H2/p+1. The first-order valence-electron chi connectivity index (χ1n) is 5.54. The van der Waals surface area contributed by atoms with E-state index < -0.39 is 4.92 Å². The summed E-state index contributed by atoms with van der Waals surface area (Å²) >= 11 is 0. The molecule has 1 aromatic rings. The van der Waals surface area contributed by atoms with E-state index in [0.29, 0.717) is 26.1 Å². The zero-order valence-electron chi connectivity index (χ0n) is 9.17. The Hall–Kier alpha value is -1.50. The van der Waals surface area contributed by atoms with Gasteiger partial charge in [-0.25, -0.2) is 0 Å². The summed E-state index contributed by atoms with van der Waals surface area (Å²) in [4.78, 5) is 11.5. The monoisotopic (exact) mass is 237 g/mol. The zero-order valence-corrected chi connectivity index (χ0v) is 9.17. The van der Waals surface area contributed by atoms with E-state index in [0.717, 1.165) is 5.56 Å². The van der Waals surface area contributed by atoms with Crippen molar-refractivity contribution in [2.45, 2.75) is 12.1 Å². The van der Waals surface area contributed by atoms with Crippen LogP contribution in [0.1, 0.15) is 11.7 Å². The first kappa shape index (κ1) is 10.6. The molecule has 2 aliphatic heterocycles. The number of nitrogens with zero attached hydrogens (tertiary/aromatic N) is 1. The molecule has 0 radical (unpaired) electrons. The second kappa shape index (κ2) is 4.06. The Kier molecular flexibility index (Phi) is 2.54. The number of ether oxygens (including phenoxy) is 2. The van der Waals surface area contributed by atoms with Crippen molar-refractivity contribution in [3.8, 4) is 0 Å². The summed E-state index contributed by atoms with van der Waals surface area (Å²) in [6.45, 7) is 2.03. The molecule has 0 aliphatic carbocycles. The average Bonchev–Trinajstić information content (AvgIpc) is 2.90. The summed E-state index contributed by atoms with van der Waals surface area (Å²) in [7, 11) is 0. The minimum Gasteiger partial charge on any atom is -0.325 e. The van der Waals surface area contributed by atoms with Crippen molar-refractivity contribution in [1.82, 2.24) is 0 Å². The molecule has 6 heteroatoms. The molecule has 2 heterocycles. The van der Waals surface area contributed by atoms with E-state index in [1.807, 2.05) is 0 Å². The number of nitro benzene ring substituents is 1. The van der Waals surface area contributed by atoms with Crippen LogP contribution in [-0.2, 0) is 9.47 Å². The van der Waals surface area contributed by atoms with Gasteiger partial charge in [-0.05, 0) is 17.7 Å². The summed E-state index contributed by atoms with van der Waals surface area (Å²) in [5, 5.41) is 10.6. The van der Waals surface area contributed by atoms with E-state index in [2.05, 4.69) is 0 Å². The lowest BCUT2D eigenvalue weighted by Crippen LogP contribution is -3.12. The molecule has 0 bridgehead atoms. The Morgan fingerprint density at radius 2 is 2.06 bits per heavy atom. The fourth-order valence-electron chi connectivity index (χ4n) is 2.42. The number of hydrogen-bond acceptors (Lipinski definition) is 4. The van der Waals surface area contributed by atoms with Gasteiger partial charge in [-0.15, -0.1) is 0 Å². The fraction of sp³-hybridized carbons (Fsp3) is 0.455. The fourth-order valence-corrected chi connectivity index (χ4v) is 2.42. The van der Waals surface area contributed by atoms with Crippen LogP contribution < -0.4 is 4.90 Å². The van der Waals surface area contributed by atoms with Crippen molar-refractivity contribution < 1.29 is 19.3 Å². The number of quaternary nitrogens is 1. The molecule has 3 rings (SSSR count). The smallest absolute Gasteiger partial charge is 0.269 e. The molecule has 2 fully saturated rings. The third-order valence-corrected chi connectivity index (χ3v) is 3.36. The second-order valence-electron chi connectivity index (χ2n) is 4.36. The van der Waals surface area contributed by atoms with Crippen LogP contribution in [0.4, 0.5) is 5.69 Å². The van der Waals surface area contributed by atoms with Crippen molar-refractivity contribution >= 4 is 5.69 Å². The second-order valence-corrected chi connectivity index (χ2v) is 4.36. The van der Waals surface area contributed by atoms with E-state index in [1.54, 1.807) is 12.1 Å². The molecule has 0 saturated carbocycles. The van der Waals surface area contributed by atoms with E-state index in [9.17, 15) is 10.1 Å². The summed E-state index contributed by atoms with van der Waals surface area (Å²) in [5.74, 6) is 0. The van der Waals surface area contributed by atoms with Gasteiger partial charge in [0.1, 0.15) is 18.8 Å². The Labute approximate surface area is 97.9 Å². The maximum Gasteiger partial charge on any atom is 0.269 e. The number of nitro groups is 1. The Morgan fingerprint density at radius 3 is 2.76 bits per heavy atom. The van der Waals surface area contributed by atoms with Gasteiger partial charge in [-0.3, -0.25) is 15.0 Å². The highest BCUT2D eigenvalue weighted by Gasteiger charge is 2.44. The van der Waals surface area contributed by atoms with Crippen molar-refractivity contribution in [2.24, 2.45) is 0 Å². The zero-order chi connectivity index (χ0) is 11.8. The minimum absolute atomic E-state index is 0.00620. The van der Waals surface area contributed by atoms with Gasteiger partial charge in [0.25, 0.3) is 5.69 Å². The number of nitrogens with one attached hydrogen (secondary N) is 1. The molecule has 3 unspecified atom stereocenters. The van der Waals surface area contributed by atoms with E-state index in [-0.39, 0.29) is 11.8 Å². The molecule has 1 N–H and O–H groups in total. The van der Waals surface area contributed by atoms with Crippen molar-refractivity contribution in [3.63, 3.8) is 0 Å². The highest BCUT2D eigenvalue weighted by Crippen LogP contribution is 2.26. The predicted octanol–water partition coefficient (Wildman–Crippen LogP) is -0.135. The van der Waals surface area contributed by atoms with Crippen LogP contribution in [0.25, 0.3) is 0 Å². The van der Waals surface area contributed by atoms with Gasteiger partial charge in [0.05, 0.1) is 4.92 Å². The van der Waals surface area contributed by atoms with Crippen molar-refractivity contribution in [2.75, 3.05) is 20.1 Å².